The van der Waals surface area contributed by atoms with Crippen molar-refractivity contribution in [3.8, 4) is 0 Å². The van der Waals surface area contributed by atoms with Gasteiger partial charge in [-0.15, -0.1) is 0 Å². The number of nitro groups is 1. The monoisotopic (exact) mass is 393 g/mol. The van der Waals surface area contributed by atoms with Crippen LogP contribution < -0.4 is 10.6 Å². The first-order valence-corrected chi connectivity index (χ1v) is 6.99. The first-order chi connectivity index (χ1) is 12.4. The maximum Gasteiger partial charge on any atom is 0.423 e. The van der Waals surface area contributed by atoms with Crippen molar-refractivity contribution in [1.29, 1.82) is 0 Å². The van der Waals surface area contributed by atoms with Crippen molar-refractivity contribution < 1.29 is 36.1 Å². The van der Waals surface area contributed by atoms with Gasteiger partial charge in [0.15, 0.2) is 0 Å². The number of hydrogen-bond donors (Lipinski definition) is 2. The average Bonchev–Trinajstić information content (AvgIpc) is 2.53. The van der Waals surface area contributed by atoms with Crippen LogP contribution in [0.3, 0.4) is 0 Å². The Kier molecular flexibility index (Phi) is 5.28. The van der Waals surface area contributed by atoms with E-state index in [1.54, 1.807) is 0 Å². The van der Waals surface area contributed by atoms with E-state index >= 15 is 0 Å². The molecule has 6 nitrogen and oxygen atoms in total. The van der Waals surface area contributed by atoms with Gasteiger partial charge in [0, 0.05) is 17.4 Å². The van der Waals surface area contributed by atoms with Gasteiger partial charge in [0.05, 0.1) is 10.5 Å². The summed E-state index contributed by atoms with van der Waals surface area (Å²) in [5, 5.41) is 14.7. The van der Waals surface area contributed by atoms with Crippen LogP contribution in [0.15, 0.2) is 42.5 Å². The number of nitrogens with one attached hydrogen (secondary N) is 2. The number of rotatable bonds is 3. The van der Waals surface area contributed by atoms with E-state index in [1.165, 1.54) is 0 Å². The second kappa shape index (κ2) is 7.13. The highest BCUT2D eigenvalue weighted by molar-refractivity contribution is 5.99. The van der Waals surface area contributed by atoms with Crippen LogP contribution >= 0.6 is 0 Å². The molecule has 0 bridgehead atoms. The molecule has 0 unspecified atom stereocenters. The average molecular weight is 393 g/mol. The predicted octanol–water partition coefficient (Wildman–Crippen LogP) is 5.28. The summed E-state index contributed by atoms with van der Waals surface area (Å²) in [6.45, 7) is 0. The maximum atomic E-state index is 12.9. The van der Waals surface area contributed by atoms with Gasteiger partial charge in [0.25, 0.3) is 5.69 Å². The van der Waals surface area contributed by atoms with E-state index in [4.69, 9.17) is 0 Å². The first kappa shape index (κ1) is 20.0. The second-order valence-electron chi connectivity index (χ2n) is 5.14. The maximum absolute atomic E-state index is 12.9. The zero-order valence-electron chi connectivity index (χ0n) is 13.0. The molecular formula is C15H9F6N3O3. The third-order valence-electron chi connectivity index (χ3n) is 3.20. The fourth-order valence-corrected chi connectivity index (χ4v) is 2.07. The highest BCUT2D eigenvalue weighted by Crippen LogP contribution is 2.37. The molecule has 0 aliphatic rings. The molecule has 0 aromatic heterocycles. The Hall–Kier alpha value is -3.31. The summed E-state index contributed by atoms with van der Waals surface area (Å²) in [5.41, 5.74) is -4.50. The molecule has 2 aromatic carbocycles. The number of nitrogens with zero attached hydrogens (tertiary/aromatic N) is 1. The molecule has 0 fully saturated rings. The summed E-state index contributed by atoms with van der Waals surface area (Å²) >= 11 is 0. The van der Waals surface area contributed by atoms with Crippen molar-refractivity contribution in [3.05, 3.63) is 63.7 Å². The van der Waals surface area contributed by atoms with E-state index in [9.17, 15) is 41.3 Å². The first-order valence-electron chi connectivity index (χ1n) is 6.99. The Labute approximate surface area is 146 Å². The molecule has 144 valence electrons. The van der Waals surface area contributed by atoms with Gasteiger partial charge in [-0.05, 0) is 30.3 Å². The van der Waals surface area contributed by atoms with Gasteiger partial charge in [0.2, 0.25) is 0 Å². The molecule has 0 spiro atoms. The third kappa shape index (κ3) is 5.09. The zero-order chi connectivity index (χ0) is 20.4. The van der Waals surface area contributed by atoms with E-state index in [1.807, 2.05) is 10.6 Å². The number of alkyl halides is 6. The van der Waals surface area contributed by atoms with Gasteiger partial charge in [-0.1, -0.05) is 6.07 Å². The van der Waals surface area contributed by atoms with Crippen LogP contribution in [0.4, 0.5) is 48.2 Å². The van der Waals surface area contributed by atoms with E-state index in [0.29, 0.717) is 18.2 Å². The summed E-state index contributed by atoms with van der Waals surface area (Å²) in [7, 11) is 0. The molecular weight excluding hydrogens is 384 g/mol. The molecule has 0 heterocycles. The lowest BCUT2D eigenvalue weighted by Gasteiger charge is -2.12. The number of halogens is 6. The van der Waals surface area contributed by atoms with Crippen LogP contribution in [0, 0.1) is 10.1 Å². The standard InChI is InChI=1S/C15H9F6N3O3/c16-14(17,18)8-2-1-3-9(6-8)22-13(25)23-10-4-5-12(24(26)27)11(7-10)15(19,20)21/h1-7H,(H2,22,23,25). The molecule has 2 amide bonds. The molecule has 0 saturated heterocycles. The lowest BCUT2D eigenvalue weighted by atomic mass is 10.1. The number of carbonyl (C=O) groups is 1. The SMILES string of the molecule is O=C(Nc1cccc(C(F)(F)F)c1)Nc1ccc([N+](=O)[O-])c(C(F)(F)F)c1. The number of urea groups is 1. The topological polar surface area (TPSA) is 84.3 Å². The molecule has 2 rings (SSSR count). The number of carbonyl (C=O) groups excluding carboxylic acids is 1. The van der Waals surface area contributed by atoms with Crippen molar-refractivity contribution in [1.82, 2.24) is 0 Å². The highest BCUT2D eigenvalue weighted by Gasteiger charge is 2.38. The van der Waals surface area contributed by atoms with Crippen LogP contribution in [-0.4, -0.2) is 11.0 Å². The van der Waals surface area contributed by atoms with Crippen LogP contribution in [0.5, 0.6) is 0 Å². The largest absolute Gasteiger partial charge is 0.423 e. The zero-order valence-corrected chi connectivity index (χ0v) is 13.0. The van der Waals surface area contributed by atoms with Gasteiger partial charge in [-0.2, -0.15) is 26.3 Å². The van der Waals surface area contributed by atoms with Gasteiger partial charge in [-0.3, -0.25) is 10.1 Å². The number of hydrogen-bond acceptors (Lipinski definition) is 3. The fraction of sp³-hybridized carbons (Fsp3) is 0.133. The predicted molar refractivity (Wildman–Crippen MR) is 82.2 cm³/mol. The minimum Gasteiger partial charge on any atom is -0.308 e. The minimum absolute atomic E-state index is 0.250. The quantitative estimate of drug-likeness (QED) is 0.423. The molecule has 0 aliphatic carbocycles. The molecule has 2 aromatic rings. The molecule has 0 atom stereocenters. The van der Waals surface area contributed by atoms with Crippen LogP contribution in [0.2, 0.25) is 0 Å². The summed E-state index contributed by atoms with van der Waals surface area (Å²) in [6.07, 6.45) is -9.69. The second-order valence-corrected chi connectivity index (χ2v) is 5.14. The highest BCUT2D eigenvalue weighted by atomic mass is 19.4. The van der Waals surface area contributed by atoms with E-state index in [0.717, 1.165) is 24.3 Å². The molecule has 2 N–H and O–H groups in total. The Balaban J connectivity index is 2.20. The number of nitro benzene ring substituents is 1. The van der Waals surface area contributed by atoms with Crippen LogP contribution in [0.1, 0.15) is 11.1 Å². The number of anilines is 2. The Bertz CT molecular complexity index is 880. The summed E-state index contributed by atoms with van der Waals surface area (Å²) in [6, 6.07) is 4.23. The lowest BCUT2D eigenvalue weighted by Crippen LogP contribution is -2.20. The van der Waals surface area contributed by atoms with Crippen LogP contribution in [-0.2, 0) is 12.4 Å². The van der Waals surface area contributed by atoms with Crippen molar-refractivity contribution in [2.24, 2.45) is 0 Å². The molecule has 12 heteroatoms. The summed E-state index contributed by atoms with van der Waals surface area (Å²) < 4.78 is 76.5. The van der Waals surface area contributed by atoms with Crippen molar-refractivity contribution >= 4 is 23.1 Å². The Morgan fingerprint density at radius 2 is 1.48 bits per heavy atom. The van der Waals surface area contributed by atoms with E-state index in [-0.39, 0.29) is 5.69 Å². The summed E-state index contributed by atoms with van der Waals surface area (Å²) in [5.74, 6) is 0. The molecule has 0 aliphatic heterocycles. The smallest absolute Gasteiger partial charge is 0.308 e. The van der Waals surface area contributed by atoms with E-state index < -0.39 is 45.8 Å². The Morgan fingerprint density at radius 3 is 2.00 bits per heavy atom. The summed E-state index contributed by atoms with van der Waals surface area (Å²) in [4.78, 5) is 21.2. The normalized spacial score (nSPS) is 11.8. The van der Waals surface area contributed by atoms with Gasteiger partial charge >= 0.3 is 18.4 Å². The Morgan fingerprint density at radius 1 is 0.889 bits per heavy atom. The van der Waals surface area contributed by atoms with Gasteiger partial charge < -0.3 is 10.6 Å². The van der Waals surface area contributed by atoms with Crippen molar-refractivity contribution in [3.63, 3.8) is 0 Å². The van der Waals surface area contributed by atoms with Crippen LogP contribution in [0.25, 0.3) is 0 Å². The molecule has 0 radical (unpaired) electrons. The lowest BCUT2D eigenvalue weighted by molar-refractivity contribution is -0.388. The molecule has 0 saturated carbocycles. The number of amides is 2. The third-order valence-corrected chi connectivity index (χ3v) is 3.20. The van der Waals surface area contributed by atoms with Gasteiger partial charge in [-0.25, -0.2) is 4.79 Å². The van der Waals surface area contributed by atoms with Crippen molar-refractivity contribution in [2.75, 3.05) is 10.6 Å². The van der Waals surface area contributed by atoms with Crippen molar-refractivity contribution in [2.45, 2.75) is 12.4 Å². The fourth-order valence-electron chi connectivity index (χ4n) is 2.07. The van der Waals surface area contributed by atoms with E-state index in [2.05, 4.69) is 0 Å². The minimum atomic E-state index is -5.04. The number of benzene rings is 2. The van der Waals surface area contributed by atoms with Gasteiger partial charge in [0.1, 0.15) is 5.56 Å². The molecule has 27 heavy (non-hydrogen) atoms.